The van der Waals surface area contributed by atoms with Gasteiger partial charge in [0.05, 0.1) is 17.6 Å². The molecule has 0 atom stereocenters. The van der Waals surface area contributed by atoms with Crippen LogP contribution in [0.4, 0.5) is 0 Å². The largest absolute Gasteiger partial charge is 0.278 e. The van der Waals surface area contributed by atoms with Gasteiger partial charge in [-0.1, -0.05) is 18.2 Å². The summed E-state index contributed by atoms with van der Waals surface area (Å²) in [6.07, 6.45) is 7.04. The number of aryl methyl sites for hydroxylation is 1. The summed E-state index contributed by atoms with van der Waals surface area (Å²) in [6.45, 7) is 2.00. The van der Waals surface area contributed by atoms with Crippen LogP contribution in [0.3, 0.4) is 0 Å². The number of hydrogen-bond donors (Lipinski definition) is 1. The zero-order valence-electron chi connectivity index (χ0n) is 12.5. The summed E-state index contributed by atoms with van der Waals surface area (Å²) in [4.78, 5) is 8.68. The third-order valence-electron chi connectivity index (χ3n) is 3.57. The maximum Gasteiger partial charge on any atom is 0.157 e. The Labute approximate surface area is 132 Å². The maximum absolute atomic E-state index is 4.39. The summed E-state index contributed by atoms with van der Waals surface area (Å²) in [5.41, 5.74) is 5.00. The molecule has 0 aliphatic carbocycles. The van der Waals surface area contributed by atoms with E-state index in [0.717, 1.165) is 33.9 Å². The Morgan fingerprint density at radius 3 is 2.74 bits per heavy atom. The zero-order chi connectivity index (χ0) is 15.6. The Kier molecular flexibility index (Phi) is 3.20. The second-order valence-electron chi connectivity index (χ2n) is 5.27. The molecule has 0 unspecified atom stereocenters. The number of benzene rings is 1. The molecule has 4 aromatic rings. The first kappa shape index (κ1) is 13.4. The van der Waals surface area contributed by atoms with Gasteiger partial charge in [0.25, 0.3) is 0 Å². The fourth-order valence-corrected chi connectivity index (χ4v) is 2.43. The lowest BCUT2D eigenvalue weighted by Crippen LogP contribution is -1.99. The fourth-order valence-electron chi connectivity index (χ4n) is 2.43. The van der Waals surface area contributed by atoms with Crippen LogP contribution in [0.2, 0.25) is 0 Å². The monoisotopic (exact) mass is 302 g/mol. The van der Waals surface area contributed by atoms with Crippen LogP contribution in [0, 0.1) is 6.92 Å². The number of aromatic amines is 1. The zero-order valence-corrected chi connectivity index (χ0v) is 12.5. The second-order valence-corrected chi connectivity index (χ2v) is 5.27. The molecule has 0 spiro atoms. The van der Waals surface area contributed by atoms with Gasteiger partial charge >= 0.3 is 0 Å². The van der Waals surface area contributed by atoms with Crippen molar-refractivity contribution in [3.63, 3.8) is 0 Å². The first-order valence-corrected chi connectivity index (χ1v) is 7.23. The smallest absolute Gasteiger partial charge is 0.157 e. The Hall–Kier alpha value is -3.28. The molecule has 0 saturated carbocycles. The second kappa shape index (κ2) is 5.49. The summed E-state index contributed by atoms with van der Waals surface area (Å²) in [6, 6.07) is 12.0. The summed E-state index contributed by atoms with van der Waals surface area (Å²) in [5.74, 6) is 0.745. The Morgan fingerprint density at radius 1 is 1.04 bits per heavy atom. The van der Waals surface area contributed by atoms with E-state index >= 15 is 0 Å². The van der Waals surface area contributed by atoms with Crippen LogP contribution in [-0.4, -0.2) is 29.9 Å². The molecule has 23 heavy (non-hydrogen) atoms. The van der Waals surface area contributed by atoms with E-state index in [2.05, 4.69) is 31.3 Å². The molecule has 3 aromatic heterocycles. The lowest BCUT2D eigenvalue weighted by Gasteiger charge is -2.05. The highest BCUT2D eigenvalue weighted by Crippen LogP contribution is 2.24. The van der Waals surface area contributed by atoms with Crippen LogP contribution in [0.5, 0.6) is 0 Å². The maximum atomic E-state index is 4.39. The van der Waals surface area contributed by atoms with Crippen molar-refractivity contribution in [3.8, 4) is 28.3 Å². The van der Waals surface area contributed by atoms with Crippen LogP contribution in [0.1, 0.15) is 5.56 Å². The molecule has 4 rings (SSSR count). The number of nitrogens with zero attached hydrogens (tertiary/aromatic N) is 5. The highest BCUT2D eigenvalue weighted by atomic mass is 15.3. The average molecular weight is 302 g/mol. The van der Waals surface area contributed by atoms with Crippen molar-refractivity contribution < 1.29 is 0 Å². The van der Waals surface area contributed by atoms with Gasteiger partial charge in [0.2, 0.25) is 0 Å². The lowest BCUT2D eigenvalue weighted by molar-refractivity contribution is 0.840. The van der Waals surface area contributed by atoms with E-state index in [1.165, 1.54) is 0 Å². The Bertz CT molecular complexity index is 939. The van der Waals surface area contributed by atoms with Crippen LogP contribution in [-0.2, 0) is 0 Å². The minimum Gasteiger partial charge on any atom is -0.278 e. The Morgan fingerprint density at radius 2 is 1.96 bits per heavy atom. The summed E-state index contributed by atoms with van der Waals surface area (Å²) in [7, 11) is 0. The summed E-state index contributed by atoms with van der Waals surface area (Å²) >= 11 is 0. The van der Waals surface area contributed by atoms with E-state index < -0.39 is 0 Å². The molecule has 1 N–H and O–H groups in total. The molecule has 0 aliphatic heterocycles. The highest BCUT2D eigenvalue weighted by Gasteiger charge is 2.06. The SMILES string of the molecule is Cc1cnn(-c2cc(-c3cccc(-c4ccn[nH]4)c3)ncn2)c1. The first-order chi connectivity index (χ1) is 11.3. The molecular formula is C17H14N6. The van der Waals surface area contributed by atoms with Crippen LogP contribution in [0.25, 0.3) is 28.3 Å². The standard InChI is InChI=1S/C17H14N6/c1-12-9-21-23(10-12)17-8-16(18-11-19-17)14-4-2-3-13(7-14)15-5-6-20-22-15/h2-11H,1H3,(H,20,22). The van der Waals surface area contributed by atoms with Gasteiger partial charge in [-0.15, -0.1) is 0 Å². The number of hydrogen-bond acceptors (Lipinski definition) is 4. The van der Waals surface area contributed by atoms with Gasteiger partial charge in [-0.25, -0.2) is 14.6 Å². The van der Waals surface area contributed by atoms with Gasteiger partial charge in [0.15, 0.2) is 5.82 Å². The van der Waals surface area contributed by atoms with Crippen LogP contribution >= 0.6 is 0 Å². The highest BCUT2D eigenvalue weighted by molar-refractivity contribution is 5.69. The van der Waals surface area contributed by atoms with Crippen molar-refractivity contribution in [1.29, 1.82) is 0 Å². The van der Waals surface area contributed by atoms with E-state index in [4.69, 9.17) is 0 Å². The molecular weight excluding hydrogens is 288 g/mol. The van der Waals surface area contributed by atoms with Crippen molar-refractivity contribution in [3.05, 3.63) is 66.9 Å². The molecule has 0 radical (unpaired) electrons. The molecule has 0 amide bonds. The third-order valence-corrected chi connectivity index (χ3v) is 3.57. The van der Waals surface area contributed by atoms with Crippen LogP contribution in [0.15, 0.2) is 61.3 Å². The first-order valence-electron chi connectivity index (χ1n) is 7.23. The van der Waals surface area contributed by atoms with Crippen molar-refractivity contribution in [2.75, 3.05) is 0 Å². The van der Waals surface area contributed by atoms with E-state index in [0.29, 0.717) is 0 Å². The quantitative estimate of drug-likeness (QED) is 0.631. The van der Waals surface area contributed by atoms with E-state index in [1.54, 1.807) is 23.4 Å². The van der Waals surface area contributed by atoms with Crippen molar-refractivity contribution in [1.82, 2.24) is 29.9 Å². The number of nitrogens with one attached hydrogen (secondary N) is 1. The van der Waals surface area contributed by atoms with Gasteiger partial charge in [0, 0.05) is 29.6 Å². The van der Waals surface area contributed by atoms with Gasteiger partial charge in [-0.2, -0.15) is 10.2 Å². The summed E-state index contributed by atoms with van der Waals surface area (Å²) in [5, 5.41) is 11.3. The minimum absolute atomic E-state index is 0.745. The molecule has 0 saturated heterocycles. The van der Waals surface area contributed by atoms with Crippen LogP contribution < -0.4 is 0 Å². The molecule has 0 fully saturated rings. The normalized spacial score (nSPS) is 10.8. The van der Waals surface area contributed by atoms with Gasteiger partial charge in [-0.3, -0.25) is 5.10 Å². The fraction of sp³-hybridized carbons (Fsp3) is 0.0588. The third kappa shape index (κ3) is 2.62. The van der Waals surface area contributed by atoms with Crippen molar-refractivity contribution in [2.45, 2.75) is 6.92 Å². The predicted molar refractivity (Wildman–Crippen MR) is 86.9 cm³/mol. The number of rotatable bonds is 3. The number of H-pyrrole nitrogens is 1. The minimum atomic E-state index is 0.745. The predicted octanol–water partition coefficient (Wildman–Crippen LogP) is 3.03. The average Bonchev–Trinajstić information content (AvgIpc) is 3.27. The van der Waals surface area contributed by atoms with Crippen molar-refractivity contribution >= 4 is 0 Å². The van der Waals surface area contributed by atoms with Gasteiger partial charge in [-0.05, 0) is 24.6 Å². The Balaban J connectivity index is 1.75. The molecule has 112 valence electrons. The molecule has 0 bridgehead atoms. The molecule has 1 aromatic carbocycles. The van der Waals surface area contributed by atoms with Gasteiger partial charge < -0.3 is 0 Å². The van der Waals surface area contributed by atoms with E-state index in [9.17, 15) is 0 Å². The molecule has 6 heteroatoms. The molecule has 0 aliphatic rings. The molecule has 3 heterocycles. The lowest BCUT2D eigenvalue weighted by atomic mass is 10.1. The number of aromatic nitrogens is 6. The van der Waals surface area contributed by atoms with E-state index in [1.807, 2.05) is 43.5 Å². The van der Waals surface area contributed by atoms with Crippen molar-refractivity contribution in [2.24, 2.45) is 0 Å². The molecule has 6 nitrogen and oxygen atoms in total. The summed E-state index contributed by atoms with van der Waals surface area (Å²) < 4.78 is 1.75. The van der Waals surface area contributed by atoms with Gasteiger partial charge in [0.1, 0.15) is 6.33 Å². The topological polar surface area (TPSA) is 72.3 Å². The van der Waals surface area contributed by atoms with E-state index in [-0.39, 0.29) is 0 Å².